The first-order valence-electron chi connectivity index (χ1n) is 8.69. The highest BCUT2D eigenvalue weighted by molar-refractivity contribution is 5.85. The molecule has 1 aromatic carbocycles. The van der Waals surface area contributed by atoms with E-state index in [9.17, 15) is 9.90 Å². The largest absolute Gasteiger partial charge is 0.451 e. The van der Waals surface area contributed by atoms with Gasteiger partial charge in [0.15, 0.2) is 0 Å². The Morgan fingerprint density at radius 2 is 2.08 bits per heavy atom. The van der Waals surface area contributed by atoms with E-state index in [1.807, 2.05) is 36.4 Å². The molecule has 4 nitrogen and oxygen atoms in total. The Morgan fingerprint density at radius 3 is 2.71 bits per heavy atom. The van der Waals surface area contributed by atoms with Gasteiger partial charge in [-0.15, -0.1) is 0 Å². The molecule has 0 unspecified atom stereocenters. The normalized spacial score (nSPS) is 30.4. The van der Waals surface area contributed by atoms with Gasteiger partial charge in [-0.05, 0) is 51.2 Å². The zero-order chi connectivity index (χ0) is 17.2. The van der Waals surface area contributed by atoms with Crippen LogP contribution in [-0.2, 0) is 20.9 Å². The van der Waals surface area contributed by atoms with Gasteiger partial charge in [0.25, 0.3) is 0 Å². The third-order valence-electron chi connectivity index (χ3n) is 5.16. The highest BCUT2D eigenvalue weighted by Gasteiger charge is 2.51. The second-order valence-electron chi connectivity index (χ2n) is 7.46. The molecule has 0 aromatic heterocycles. The Bertz CT molecular complexity index is 602. The highest BCUT2D eigenvalue weighted by Crippen LogP contribution is 2.45. The average Bonchev–Trinajstić information content (AvgIpc) is 2.80. The maximum atomic E-state index is 11.7. The zero-order valence-corrected chi connectivity index (χ0v) is 14.4. The molecule has 1 heterocycles. The van der Waals surface area contributed by atoms with Gasteiger partial charge in [-0.2, -0.15) is 0 Å². The minimum Gasteiger partial charge on any atom is -0.451 e. The van der Waals surface area contributed by atoms with Crippen LogP contribution in [0.15, 0.2) is 42.5 Å². The molecular weight excluding hydrogens is 304 g/mol. The van der Waals surface area contributed by atoms with Crippen molar-refractivity contribution in [1.29, 1.82) is 0 Å². The van der Waals surface area contributed by atoms with Crippen LogP contribution in [0.25, 0.3) is 0 Å². The molecule has 2 aliphatic rings. The van der Waals surface area contributed by atoms with Crippen LogP contribution in [0.4, 0.5) is 0 Å². The fraction of sp³-hybridized carbons (Fsp3) is 0.550. The lowest BCUT2D eigenvalue weighted by Crippen LogP contribution is -2.49. The molecular formula is C20H26O4. The van der Waals surface area contributed by atoms with Crippen molar-refractivity contribution in [3.05, 3.63) is 48.0 Å². The van der Waals surface area contributed by atoms with E-state index >= 15 is 0 Å². The first-order chi connectivity index (χ1) is 11.4. The van der Waals surface area contributed by atoms with E-state index in [0.717, 1.165) is 24.8 Å². The summed E-state index contributed by atoms with van der Waals surface area (Å²) >= 11 is 0. The Labute approximate surface area is 143 Å². The van der Waals surface area contributed by atoms with Crippen molar-refractivity contribution in [2.75, 3.05) is 0 Å². The number of benzene rings is 1. The van der Waals surface area contributed by atoms with Crippen LogP contribution in [0.2, 0.25) is 0 Å². The van der Waals surface area contributed by atoms with E-state index in [1.165, 1.54) is 6.08 Å². The lowest BCUT2D eigenvalue weighted by molar-refractivity contribution is -0.161. The molecule has 1 aromatic rings. The molecule has 4 heteroatoms. The van der Waals surface area contributed by atoms with E-state index in [2.05, 4.69) is 0 Å². The second-order valence-corrected chi connectivity index (χ2v) is 7.46. The van der Waals surface area contributed by atoms with Gasteiger partial charge in [-0.3, -0.25) is 0 Å². The van der Waals surface area contributed by atoms with Crippen LogP contribution in [0.5, 0.6) is 0 Å². The molecule has 3 rings (SSSR count). The van der Waals surface area contributed by atoms with E-state index < -0.39 is 11.2 Å². The van der Waals surface area contributed by atoms with Crippen LogP contribution in [-0.4, -0.2) is 28.4 Å². The van der Waals surface area contributed by atoms with Gasteiger partial charge in [0.05, 0.1) is 18.3 Å². The van der Waals surface area contributed by atoms with Crippen molar-refractivity contribution in [3.63, 3.8) is 0 Å². The second kappa shape index (κ2) is 6.69. The summed E-state index contributed by atoms with van der Waals surface area (Å²) in [6.07, 6.45) is 6.61. The maximum absolute atomic E-state index is 11.7. The lowest BCUT2D eigenvalue weighted by atomic mass is 9.73. The minimum atomic E-state index is -0.951. The molecule has 1 aliphatic carbocycles. The molecule has 1 fully saturated rings. The summed E-state index contributed by atoms with van der Waals surface area (Å²) in [5, 5.41) is 10.7. The number of carbonyl (C=O) groups excluding carboxylic acids is 1. The van der Waals surface area contributed by atoms with E-state index in [0.29, 0.717) is 13.0 Å². The number of hydrogen-bond acceptors (Lipinski definition) is 4. The summed E-state index contributed by atoms with van der Waals surface area (Å²) in [5.41, 5.74) is -0.503. The topological polar surface area (TPSA) is 55.8 Å². The number of aliphatic hydroxyl groups is 1. The van der Waals surface area contributed by atoms with Gasteiger partial charge in [0.1, 0.15) is 5.60 Å². The summed E-state index contributed by atoms with van der Waals surface area (Å²) in [5.74, 6) is -0.496. The van der Waals surface area contributed by atoms with Gasteiger partial charge in [-0.25, -0.2) is 4.79 Å². The number of hydrogen-bond donors (Lipinski definition) is 1. The molecule has 130 valence electrons. The fourth-order valence-electron chi connectivity index (χ4n) is 3.97. The SMILES string of the molecule is CC(C)(O)[C@H]1C[C@@H](OCc2ccccc2)CCC[C@]12C=CC(=O)O2. The number of ether oxygens (including phenoxy) is 2. The standard InChI is InChI=1S/C20H26O4/c1-19(2,22)17-13-16(23-14-15-7-4-3-5-8-15)9-6-11-20(17)12-10-18(21)24-20/h3-5,7-8,10,12,16-17,22H,6,9,11,13-14H2,1-2H3/t16-,17+,20-/m0/s1. The molecule has 0 saturated heterocycles. The van der Waals surface area contributed by atoms with Crippen molar-refractivity contribution in [2.24, 2.45) is 5.92 Å². The Hall–Kier alpha value is -1.65. The quantitative estimate of drug-likeness (QED) is 0.860. The third-order valence-corrected chi connectivity index (χ3v) is 5.16. The van der Waals surface area contributed by atoms with Crippen molar-refractivity contribution in [2.45, 2.75) is 63.4 Å². The van der Waals surface area contributed by atoms with E-state index in [1.54, 1.807) is 13.8 Å². The van der Waals surface area contributed by atoms with Crippen molar-refractivity contribution in [3.8, 4) is 0 Å². The molecule has 1 N–H and O–H groups in total. The summed E-state index contributed by atoms with van der Waals surface area (Å²) in [6.45, 7) is 4.14. The predicted molar refractivity (Wildman–Crippen MR) is 91.2 cm³/mol. The maximum Gasteiger partial charge on any atom is 0.331 e. The first-order valence-corrected chi connectivity index (χ1v) is 8.69. The summed E-state index contributed by atoms with van der Waals surface area (Å²) < 4.78 is 11.8. The van der Waals surface area contributed by atoms with Gasteiger partial charge in [0, 0.05) is 12.0 Å². The number of rotatable bonds is 4. The van der Waals surface area contributed by atoms with Gasteiger partial charge >= 0.3 is 5.97 Å². The highest BCUT2D eigenvalue weighted by atomic mass is 16.6. The molecule has 0 bridgehead atoms. The van der Waals surface area contributed by atoms with Crippen molar-refractivity contribution in [1.82, 2.24) is 0 Å². The number of esters is 1. The van der Waals surface area contributed by atoms with Gasteiger partial charge in [0.2, 0.25) is 0 Å². The van der Waals surface area contributed by atoms with E-state index in [4.69, 9.17) is 9.47 Å². The summed E-state index contributed by atoms with van der Waals surface area (Å²) in [6, 6.07) is 10.1. The zero-order valence-electron chi connectivity index (χ0n) is 14.4. The lowest BCUT2D eigenvalue weighted by Gasteiger charge is -2.41. The Morgan fingerprint density at radius 1 is 1.33 bits per heavy atom. The summed E-state index contributed by atoms with van der Waals surface area (Å²) in [7, 11) is 0. The van der Waals surface area contributed by atoms with Crippen LogP contribution in [0.1, 0.15) is 45.1 Å². The fourth-order valence-corrected chi connectivity index (χ4v) is 3.97. The van der Waals surface area contributed by atoms with Crippen LogP contribution < -0.4 is 0 Å². The Balaban J connectivity index is 1.73. The Kier molecular flexibility index (Phi) is 4.79. The monoisotopic (exact) mass is 330 g/mol. The molecule has 24 heavy (non-hydrogen) atoms. The molecule has 1 spiro atoms. The van der Waals surface area contributed by atoms with Gasteiger partial charge < -0.3 is 14.6 Å². The first kappa shape index (κ1) is 17.2. The third kappa shape index (κ3) is 3.70. The van der Waals surface area contributed by atoms with Gasteiger partial charge in [-0.1, -0.05) is 30.3 Å². The number of carbonyl (C=O) groups is 1. The van der Waals surface area contributed by atoms with E-state index in [-0.39, 0.29) is 18.0 Å². The van der Waals surface area contributed by atoms with Crippen LogP contribution in [0.3, 0.4) is 0 Å². The van der Waals surface area contributed by atoms with Crippen LogP contribution >= 0.6 is 0 Å². The van der Waals surface area contributed by atoms with Crippen molar-refractivity contribution >= 4 is 5.97 Å². The predicted octanol–water partition coefficient (Wildman–Crippen LogP) is 3.38. The van der Waals surface area contributed by atoms with Crippen molar-refractivity contribution < 1.29 is 19.4 Å². The van der Waals surface area contributed by atoms with Crippen LogP contribution in [0, 0.1) is 5.92 Å². The minimum absolute atomic E-state index is 0.0497. The molecule has 0 radical (unpaired) electrons. The average molecular weight is 330 g/mol. The summed E-state index contributed by atoms with van der Waals surface area (Å²) in [4.78, 5) is 11.7. The molecule has 3 atom stereocenters. The molecule has 0 amide bonds. The smallest absolute Gasteiger partial charge is 0.331 e. The molecule has 1 aliphatic heterocycles. The molecule has 1 saturated carbocycles.